The Bertz CT molecular complexity index is 646. The highest BCUT2D eigenvalue weighted by Crippen LogP contribution is 2.41. The van der Waals surface area contributed by atoms with Gasteiger partial charge in [-0.1, -0.05) is 30.4 Å². The molecular weight excluding hydrogens is 360 g/mol. The van der Waals surface area contributed by atoms with Gasteiger partial charge in [-0.25, -0.2) is 0 Å². The summed E-state index contributed by atoms with van der Waals surface area (Å²) in [6.45, 7) is 0.719. The molecule has 6 atom stereocenters. The van der Waals surface area contributed by atoms with E-state index in [4.69, 9.17) is 14.6 Å². The van der Waals surface area contributed by atoms with E-state index in [2.05, 4.69) is 0 Å². The van der Waals surface area contributed by atoms with Crippen LogP contribution in [0.25, 0.3) is 0 Å². The first kappa shape index (κ1) is 20.8. The molecule has 6 nitrogen and oxygen atoms in total. The van der Waals surface area contributed by atoms with Crippen molar-refractivity contribution in [2.45, 2.75) is 50.4 Å². The molecule has 1 aromatic rings. The molecule has 1 saturated heterocycles. The number of aliphatic hydroxyl groups excluding tert-OH is 2. The van der Waals surface area contributed by atoms with Crippen molar-refractivity contribution < 1.29 is 29.6 Å². The fourth-order valence-electron chi connectivity index (χ4n) is 4.28. The minimum absolute atomic E-state index is 0.00260. The molecule has 1 saturated carbocycles. The standard InChI is InChI=1S/C22H30O6/c23-16(14-27-17-4-2-1-3-5-17)8-10-18-19-9-6-15(7-11-22(25)26)13-28-21(19)12-20(18)24/h1-5,8,10,15-16,18-21,23-24H,6-7,9,11-14H2,(H,25,26)/t15?,16-,18-,19-,20-,21+/m1/s1. The van der Waals surface area contributed by atoms with Gasteiger partial charge in [0.1, 0.15) is 18.5 Å². The van der Waals surface area contributed by atoms with Crippen molar-refractivity contribution in [1.82, 2.24) is 0 Å². The van der Waals surface area contributed by atoms with Gasteiger partial charge in [0.2, 0.25) is 0 Å². The smallest absolute Gasteiger partial charge is 0.303 e. The third kappa shape index (κ3) is 5.80. The van der Waals surface area contributed by atoms with Crippen LogP contribution in [0.2, 0.25) is 0 Å². The van der Waals surface area contributed by atoms with E-state index in [0.717, 1.165) is 12.8 Å². The van der Waals surface area contributed by atoms with Crippen molar-refractivity contribution in [3.05, 3.63) is 42.5 Å². The molecule has 1 aliphatic carbocycles. The van der Waals surface area contributed by atoms with Crippen LogP contribution in [0.3, 0.4) is 0 Å². The number of hydrogen-bond donors (Lipinski definition) is 3. The highest BCUT2D eigenvalue weighted by Gasteiger charge is 2.43. The number of hydrogen-bond acceptors (Lipinski definition) is 5. The summed E-state index contributed by atoms with van der Waals surface area (Å²) in [6, 6.07) is 9.34. The Morgan fingerprint density at radius 2 is 2.07 bits per heavy atom. The monoisotopic (exact) mass is 390 g/mol. The van der Waals surface area contributed by atoms with Crippen LogP contribution in [0.4, 0.5) is 0 Å². The molecule has 1 aliphatic heterocycles. The second-order valence-electron chi connectivity index (χ2n) is 7.87. The van der Waals surface area contributed by atoms with Crippen molar-refractivity contribution >= 4 is 5.97 Å². The normalized spacial score (nSPS) is 31.3. The van der Waals surface area contributed by atoms with E-state index in [0.29, 0.717) is 25.2 Å². The number of ether oxygens (including phenoxy) is 2. The number of rotatable bonds is 8. The van der Waals surface area contributed by atoms with Crippen molar-refractivity contribution in [1.29, 1.82) is 0 Å². The molecule has 2 fully saturated rings. The predicted molar refractivity (Wildman–Crippen MR) is 104 cm³/mol. The number of aliphatic carboxylic acids is 1. The number of carboxylic acids is 1. The predicted octanol–water partition coefficient (Wildman–Crippen LogP) is 2.64. The molecule has 3 rings (SSSR count). The Hall–Kier alpha value is -1.89. The maximum Gasteiger partial charge on any atom is 0.303 e. The van der Waals surface area contributed by atoms with E-state index in [-0.39, 0.29) is 36.9 Å². The fraction of sp³-hybridized carbons (Fsp3) is 0.591. The van der Waals surface area contributed by atoms with Crippen LogP contribution >= 0.6 is 0 Å². The SMILES string of the molecule is O=C(O)CCC1CC[C@@H]2[C@@H](C=C[C@@H](O)COc3ccccc3)[C@H](O)C[C@@H]2OC1. The molecule has 3 N–H and O–H groups in total. The summed E-state index contributed by atoms with van der Waals surface area (Å²) in [5.74, 6) is 0.333. The average molecular weight is 390 g/mol. The second-order valence-corrected chi connectivity index (χ2v) is 7.87. The van der Waals surface area contributed by atoms with Crippen LogP contribution in [-0.4, -0.2) is 52.8 Å². The van der Waals surface area contributed by atoms with E-state index >= 15 is 0 Å². The summed E-state index contributed by atoms with van der Waals surface area (Å²) >= 11 is 0. The number of benzene rings is 1. The quantitative estimate of drug-likeness (QED) is 0.591. The molecule has 154 valence electrons. The Morgan fingerprint density at radius 3 is 2.82 bits per heavy atom. The van der Waals surface area contributed by atoms with Gasteiger partial charge >= 0.3 is 5.97 Å². The molecule has 1 aromatic carbocycles. The molecule has 0 aromatic heterocycles. The van der Waals surface area contributed by atoms with Crippen LogP contribution in [0.1, 0.15) is 32.1 Å². The number of carboxylic acid groups (broad SMARTS) is 1. The van der Waals surface area contributed by atoms with Gasteiger partial charge in [0.25, 0.3) is 0 Å². The minimum Gasteiger partial charge on any atom is -0.491 e. The lowest BCUT2D eigenvalue weighted by molar-refractivity contribution is -0.137. The molecule has 0 amide bonds. The summed E-state index contributed by atoms with van der Waals surface area (Å²) in [4.78, 5) is 10.8. The molecule has 28 heavy (non-hydrogen) atoms. The largest absolute Gasteiger partial charge is 0.491 e. The van der Waals surface area contributed by atoms with Crippen molar-refractivity contribution in [3.8, 4) is 5.75 Å². The van der Waals surface area contributed by atoms with E-state index in [1.165, 1.54) is 0 Å². The van der Waals surface area contributed by atoms with E-state index in [1.54, 1.807) is 6.08 Å². The lowest BCUT2D eigenvalue weighted by Crippen LogP contribution is -2.22. The summed E-state index contributed by atoms with van der Waals surface area (Å²) in [6.07, 6.45) is 5.56. The van der Waals surface area contributed by atoms with Gasteiger partial charge in [0.15, 0.2) is 0 Å². The fourth-order valence-corrected chi connectivity index (χ4v) is 4.28. The molecule has 0 spiro atoms. The topological polar surface area (TPSA) is 96.2 Å². The number of carbonyl (C=O) groups is 1. The first-order valence-electron chi connectivity index (χ1n) is 10.1. The first-order chi connectivity index (χ1) is 13.5. The number of fused-ring (bicyclic) bond motifs is 1. The molecular formula is C22H30O6. The van der Waals surface area contributed by atoms with Crippen molar-refractivity contribution in [3.63, 3.8) is 0 Å². The van der Waals surface area contributed by atoms with Gasteiger partial charge in [-0.2, -0.15) is 0 Å². The van der Waals surface area contributed by atoms with E-state index < -0.39 is 18.2 Å². The summed E-state index contributed by atoms with van der Waals surface area (Å²) in [7, 11) is 0. The number of aliphatic hydroxyl groups is 2. The Balaban J connectivity index is 1.51. The van der Waals surface area contributed by atoms with Gasteiger partial charge in [-0.15, -0.1) is 0 Å². The van der Waals surface area contributed by atoms with Gasteiger partial charge in [-0.05, 0) is 43.2 Å². The van der Waals surface area contributed by atoms with E-state index in [1.807, 2.05) is 36.4 Å². The maximum atomic E-state index is 10.8. The molecule has 0 bridgehead atoms. The zero-order valence-electron chi connectivity index (χ0n) is 16.0. The van der Waals surface area contributed by atoms with E-state index in [9.17, 15) is 15.0 Å². The van der Waals surface area contributed by atoms with Crippen molar-refractivity contribution in [2.24, 2.45) is 17.8 Å². The third-order valence-corrected chi connectivity index (χ3v) is 5.83. The maximum absolute atomic E-state index is 10.8. The van der Waals surface area contributed by atoms with Gasteiger partial charge in [0, 0.05) is 25.4 Å². The van der Waals surface area contributed by atoms with Crippen LogP contribution in [0, 0.1) is 17.8 Å². The van der Waals surface area contributed by atoms with Gasteiger partial charge in [-0.3, -0.25) is 4.79 Å². The summed E-state index contributed by atoms with van der Waals surface area (Å²) in [5.41, 5.74) is 0. The lowest BCUT2D eigenvalue weighted by atomic mass is 9.86. The summed E-state index contributed by atoms with van der Waals surface area (Å²) < 4.78 is 11.6. The summed E-state index contributed by atoms with van der Waals surface area (Å²) in [5, 5.41) is 29.5. The highest BCUT2D eigenvalue weighted by molar-refractivity contribution is 5.66. The Morgan fingerprint density at radius 1 is 1.29 bits per heavy atom. The number of para-hydroxylation sites is 1. The Kier molecular flexibility index (Phi) is 7.48. The Labute approximate surface area is 165 Å². The molecule has 1 unspecified atom stereocenters. The molecule has 1 heterocycles. The molecule has 6 heteroatoms. The highest BCUT2D eigenvalue weighted by atomic mass is 16.5. The van der Waals surface area contributed by atoms with Gasteiger partial charge in [0.05, 0.1) is 12.2 Å². The van der Waals surface area contributed by atoms with Crippen molar-refractivity contribution in [2.75, 3.05) is 13.2 Å². The minimum atomic E-state index is -0.771. The van der Waals surface area contributed by atoms with Crippen LogP contribution < -0.4 is 4.74 Å². The van der Waals surface area contributed by atoms with Crippen LogP contribution in [-0.2, 0) is 9.53 Å². The first-order valence-corrected chi connectivity index (χ1v) is 10.1. The lowest BCUT2D eigenvalue weighted by Gasteiger charge is -2.21. The van der Waals surface area contributed by atoms with Gasteiger partial charge < -0.3 is 24.8 Å². The van der Waals surface area contributed by atoms with Crippen LogP contribution in [0.15, 0.2) is 42.5 Å². The molecule has 2 aliphatic rings. The van der Waals surface area contributed by atoms with Crippen LogP contribution in [0.5, 0.6) is 5.75 Å². The zero-order valence-corrected chi connectivity index (χ0v) is 16.0. The average Bonchev–Trinajstić information content (AvgIpc) is 2.85. The zero-order chi connectivity index (χ0) is 19.9. The third-order valence-electron chi connectivity index (χ3n) is 5.83. The molecule has 0 radical (unpaired) electrons. The second kappa shape index (κ2) is 10.0.